The van der Waals surface area contributed by atoms with Gasteiger partial charge in [-0.15, -0.1) is 12.8 Å². The Balaban J connectivity index is 0.00000106. The van der Waals surface area contributed by atoms with Gasteiger partial charge in [-0.1, -0.05) is 12.2 Å². The van der Waals surface area contributed by atoms with Crippen LogP contribution in [0.1, 0.15) is 31.9 Å². The molecule has 0 fully saturated rings. The second-order valence-corrected chi connectivity index (χ2v) is 3.50. The topological polar surface area (TPSA) is 12.9 Å². The number of nitrogens with zero attached hydrogens (tertiary/aromatic N) is 1. The Morgan fingerprint density at radius 2 is 1.94 bits per heavy atom. The molecule has 0 N–H and O–H groups in total. The molecule has 0 amide bonds. The molecule has 16 heavy (non-hydrogen) atoms. The number of allylic oxidation sites excluding steroid dienone is 4. The monoisotopic (exact) mass is 213 g/mol. The second kappa shape index (κ2) is 7.48. The Labute approximate surface area is 98.9 Å². The van der Waals surface area contributed by atoms with Gasteiger partial charge in [-0.2, -0.15) is 0 Å². The van der Waals surface area contributed by atoms with Gasteiger partial charge in [0.2, 0.25) is 0 Å². The fourth-order valence-corrected chi connectivity index (χ4v) is 1.44. The van der Waals surface area contributed by atoms with E-state index < -0.39 is 0 Å². The van der Waals surface area contributed by atoms with Crippen molar-refractivity contribution in [3.05, 3.63) is 47.3 Å². The van der Waals surface area contributed by atoms with E-state index in [1.807, 2.05) is 25.4 Å². The lowest BCUT2D eigenvalue weighted by atomic mass is 10.00. The Morgan fingerprint density at radius 3 is 2.44 bits per heavy atom. The summed E-state index contributed by atoms with van der Waals surface area (Å²) in [6, 6.07) is 2.04. The highest BCUT2D eigenvalue weighted by molar-refractivity contribution is 5.70. The SMILES string of the molecule is C#C.C/C=C\C(C)=C(/C)c1cnccc1C. The molecule has 0 aliphatic rings. The zero-order valence-corrected chi connectivity index (χ0v) is 10.5. The molecule has 1 rings (SSSR count). The van der Waals surface area contributed by atoms with Crippen LogP contribution in [0, 0.1) is 19.8 Å². The maximum absolute atomic E-state index is 4.15. The lowest BCUT2D eigenvalue weighted by Gasteiger charge is -2.07. The normalized spacial score (nSPS) is 11.6. The van der Waals surface area contributed by atoms with Gasteiger partial charge in [0.15, 0.2) is 0 Å². The van der Waals surface area contributed by atoms with Gasteiger partial charge in [-0.05, 0) is 56.0 Å². The van der Waals surface area contributed by atoms with Gasteiger partial charge in [0.05, 0.1) is 0 Å². The predicted octanol–water partition coefficient (Wildman–Crippen LogP) is 4.01. The van der Waals surface area contributed by atoms with Crippen molar-refractivity contribution in [2.24, 2.45) is 0 Å². The van der Waals surface area contributed by atoms with Crippen LogP contribution in [-0.2, 0) is 0 Å². The lowest BCUT2D eigenvalue weighted by molar-refractivity contribution is 1.25. The quantitative estimate of drug-likeness (QED) is 0.534. The molecular formula is C15H19N. The van der Waals surface area contributed by atoms with Crippen molar-refractivity contribution >= 4 is 5.57 Å². The second-order valence-electron chi connectivity index (χ2n) is 3.50. The van der Waals surface area contributed by atoms with E-state index in [2.05, 4.69) is 50.8 Å². The van der Waals surface area contributed by atoms with E-state index in [-0.39, 0.29) is 0 Å². The third-order valence-electron chi connectivity index (χ3n) is 2.45. The third kappa shape index (κ3) is 3.74. The van der Waals surface area contributed by atoms with E-state index in [4.69, 9.17) is 0 Å². The first-order valence-corrected chi connectivity index (χ1v) is 5.21. The zero-order chi connectivity index (χ0) is 12.6. The molecule has 0 aromatic carbocycles. The summed E-state index contributed by atoms with van der Waals surface area (Å²) >= 11 is 0. The van der Waals surface area contributed by atoms with Crippen molar-refractivity contribution in [3.63, 3.8) is 0 Å². The Bertz CT molecular complexity index is 408. The minimum Gasteiger partial charge on any atom is -0.264 e. The van der Waals surface area contributed by atoms with Gasteiger partial charge < -0.3 is 0 Å². The van der Waals surface area contributed by atoms with Gasteiger partial charge in [-0.25, -0.2) is 0 Å². The number of pyridine rings is 1. The molecule has 1 heterocycles. The Hall–Kier alpha value is -1.81. The summed E-state index contributed by atoms with van der Waals surface area (Å²) in [6.45, 7) is 8.41. The van der Waals surface area contributed by atoms with Crippen molar-refractivity contribution in [2.75, 3.05) is 0 Å². The molecule has 0 unspecified atom stereocenters. The first-order chi connectivity index (χ1) is 7.66. The molecule has 1 aromatic rings. The molecule has 0 aliphatic carbocycles. The summed E-state index contributed by atoms with van der Waals surface area (Å²) in [4.78, 5) is 4.15. The summed E-state index contributed by atoms with van der Waals surface area (Å²) in [5.41, 5.74) is 5.11. The third-order valence-corrected chi connectivity index (χ3v) is 2.45. The number of rotatable bonds is 2. The van der Waals surface area contributed by atoms with Crippen molar-refractivity contribution in [1.82, 2.24) is 4.98 Å². The molecular weight excluding hydrogens is 194 g/mol. The fraction of sp³-hybridized carbons (Fsp3) is 0.267. The highest BCUT2D eigenvalue weighted by atomic mass is 14.6. The van der Waals surface area contributed by atoms with Crippen LogP contribution in [0.15, 0.2) is 36.2 Å². The smallest absolute Gasteiger partial charge is 0.0345 e. The number of hydrogen-bond acceptors (Lipinski definition) is 1. The molecule has 0 spiro atoms. The van der Waals surface area contributed by atoms with Gasteiger partial charge in [0, 0.05) is 12.4 Å². The molecule has 0 saturated heterocycles. The molecule has 1 heteroatoms. The standard InChI is InChI=1S/C13H17N.C2H2/c1-5-6-10(2)12(4)13-9-14-8-7-11(13)3;1-2/h5-9H,1-4H3;1-2H/b6-5-,12-10+;. The molecule has 1 aromatic heterocycles. The Morgan fingerprint density at radius 1 is 1.31 bits per heavy atom. The molecule has 0 radical (unpaired) electrons. The summed E-state index contributed by atoms with van der Waals surface area (Å²) in [7, 11) is 0. The molecule has 1 nitrogen and oxygen atoms in total. The first kappa shape index (κ1) is 14.2. The number of aryl methyl sites for hydroxylation is 1. The minimum absolute atomic E-state index is 1.24. The van der Waals surface area contributed by atoms with E-state index in [0.717, 1.165) is 0 Å². The van der Waals surface area contributed by atoms with Gasteiger partial charge in [-0.3, -0.25) is 4.98 Å². The van der Waals surface area contributed by atoms with Gasteiger partial charge >= 0.3 is 0 Å². The van der Waals surface area contributed by atoms with E-state index in [0.29, 0.717) is 0 Å². The molecule has 0 aliphatic heterocycles. The average molecular weight is 213 g/mol. The molecule has 84 valence electrons. The Kier molecular flexibility index (Phi) is 6.63. The first-order valence-electron chi connectivity index (χ1n) is 5.21. The maximum atomic E-state index is 4.15. The minimum atomic E-state index is 1.24. The van der Waals surface area contributed by atoms with Crippen molar-refractivity contribution in [2.45, 2.75) is 27.7 Å². The number of hydrogen-bond donors (Lipinski definition) is 0. The molecule has 0 bridgehead atoms. The summed E-state index contributed by atoms with van der Waals surface area (Å²) in [5, 5.41) is 0. The summed E-state index contributed by atoms with van der Waals surface area (Å²) < 4.78 is 0. The number of terminal acetylenes is 1. The lowest BCUT2D eigenvalue weighted by Crippen LogP contribution is -1.89. The van der Waals surface area contributed by atoms with E-state index in [1.165, 1.54) is 22.3 Å². The number of aromatic nitrogens is 1. The van der Waals surface area contributed by atoms with Crippen molar-refractivity contribution in [1.29, 1.82) is 0 Å². The fourth-order valence-electron chi connectivity index (χ4n) is 1.44. The van der Waals surface area contributed by atoms with Crippen LogP contribution in [-0.4, -0.2) is 4.98 Å². The summed E-state index contributed by atoms with van der Waals surface area (Å²) in [5.74, 6) is 0. The maximum Gasteiger partial charge on any atom is 0.0345 e. The van der Waals surface area contributed by atoms with Crippen molar-refractivity contribution in [3.8, 4) is 12.8 Å². The summed E-state index contributed by atoms with van der Waals surface area (Å²) in [6.07, 6.45) is 15.9. The van der Waals surface area contributed by atoms with Crippen LogP contribution in [0.2, 0.25) is 0 Å². The van der Waals surface area contributed by atoms with Gasteiger partial charge in [0.1, 0.15) is 0 Å². The zero-order valence-electron chi connectivity index (χ0n) is 10.5. The van der Waals surface area contributed by atoms with E-state index >= 15 is 0 Å². The average Bonchev–Trinajstić information content (AvgIpc) is 2.32. The van der Waals surface area contributed by atoms with Crippen LogP contribution >= 0.6 is 0 Å². The van der Waals surface area contributed by atoms with Crippen LogP contribution < -0.4 is 0 Å². The highest BCUT2D eigenvalue weighted by Crippen LogP contribution is 2.20. The van der Waals surface area contributed by atoms with Crippen LogP contribution in [0.25, 0.3) is 5.57 Å². The van der Waals surface area contributed by atoms with E-state index in [9.17, 15) is 0 Å². The van der Waals surface area contributed by atoms with Crippen LogP contribution in [0.5, 0.6) is 0 Å². The molecule has 0 saturated carbocycles. The largest absolute Gasteiger partial charge is 0.264 e. The highest BCUT2D eigenvalue weighted by Gasteiger charge is 2.01. The van der Waals surface area contributed by atoms with E-state index in [1.54, 1.807) is 0 Å². The molecule has 0 atom stereocenters. The van der Waals surface area contributed by atoms with Gasteiger partial charge in [0.25, 0.3) is 0 Å². The van der Waals surface area contributed by atoms with Crippen LogP contribution in [0.4, 0.5) is 0 Å². The van der Waals surface area contributed by atoms with Crippen molar-refractivity contribution < 1.29 is 0 Å². The predicted molar refractivity (Wildman–Crippen MR) is 71.9 cm³/mol. The van der Waals surface area contributed by atoms with Crippen LogP contribution in [0.3, 0.4) is 0 Å².